The first kappa shape index (κ1) is 14.2. The van der Waals surface area contributed by atoms with E-state index in [0.29, 0.717) is 6.54 Å². The molecule has 1 aliphatic heterocycles. The molecule has 3 unspecified atom stereocenters. The third kappa shape index (κ3) is 1.39. The van der Waals surface area contributed by atoms with Gasteiger partial charge in [0, 0.05) is 26.1 Å². The summed E-state index contributed by atoms with van der Waals surface area (Å²) in [6, 6.07) is 0. The molecule has 0 N–H and O–H groups in total. The Hall–Kier alpha value is -0.220. The van der Waals surface area contributed by atoms with Crippen molar-refractivity contribution in [3.8, 4) is 0 Å². The van der Waals surface area contributed by atoms with Crippen LogP contribution in [-0.4, -0.2) is 36.2 Å². The maximum absolute atomic E-state index is 14.2. The fourth-order valence-electron chi connectivity index (χ4n) is 4.33. The fourth-order valence-corrected chi connectivity index (χ4v) is 4.33. The highest BCUT2D eigenvalue weighted by molar-refractivity contribution is 5.29. The number of fused-ring (bicyclic) bond motifs is 1. The maximum Gasteiger partial charge on any atom is 0.255 e. The summed E-state index contributed by atoms with van der Waals surface area (Å²) in [7, 11) is 1.55. The van der Waals surface area contributed by atoms with Gasteiger partial charge in [-0.3, -0.25) is 4.90 Å². The number of halogens is 2. The molecule has 0 aromatic rings. The lowest BCUT2D eigenvalue weighted by molar-refractivity contribution is -0.181. The molecule has 0 aromatic carbocycles. The molecule has 0 bridgehead atoms. The number of rotatable bonds is 2. The second-order valence-electron chi connectivity index (χ2n) is 7.44. The van der Waals surface area contributed by atoms with E-state index in [1.807, 2.05) is 13.8 Å². The Kier molecular flexibility index (Phi) is 2.72. The van der Waals surface area contributed by atoms with Crippen molar-refractivity contribution >= 4 is 0 Å². The predicted molar refractivity (Wildman–Crippen MR) is 67.6 cm³/mol. The summed E-state index contributed by atoms with van der Waals surface area (Å²) in [6.45, 7) is 11.8. The number of hydrogen-bond donors (Lipinski definition) is 0. The summed E-state index contributed by atoms with van der Waals surface area (Å²) < 4.78 is 34.0. The molecule has 4 heteroatoms. The van der Waals surface area contributed by atoms with Crippen molar-refractivity contribution in [1.82, 2.24) is 4.90 Å². The monoisotopic (exact) mass is 261 g/mol. The van der Waals surface area contributed by atoms with Gasteiger partial charge in [-0.05, 0) is 32.1 Å². The van der Waals surface area contributed by atoms with E-state index in [-0.39, 0.29) is 16.9 Å². The lowest BCUT2D eigenvalue weighted by Crippen LogP contribution is -2.54. The predicted octanol–water partition coefficient (Wildman–Crippen LogP) is 3.37. The Morgan fingerprint density at radius 1 is 1.17 bits per heavy atom. The quantitative estimate of drug-likeness (QED) is 0.755. The van der Waals surface area contributed by atoms with Crippen LogP contribution in [0.1, 0.15) is 41.5 Å². The molecule has 3 atom stereocenters. The minimum absolute atomic E-state index is 0.00850. The molecule has 1 saturated carbocycles. The maximum atomic E-state index is 14.2. The van der Waals surface area contributed by atoms with Gasteiger partial charge in [-0.2, -0.15) is 0 Å². The van der Waals surface area contributed by atoms with Gasteiger partial charge in [0.2, 0.25) is 0 Å². The topological polar surface area (TPSA) is 12.5 Å². The van der Waals surface area contributed by atoms with Gasteiger partial charge in [0.25, 0.3) is 5.92 Å². The average Bonchev–Trinajstić information content (AvgIpc) is 2.55. The summed E-state index contributed by atoms with van der Waals surface area (Å²) in [5, 5.41) is 0. The SMILES string of the molecule is COC1N(C(C)(C)C)CC2C(C)(C)C12C(C)(F)F. The van der Waals surface area contributed by atoms with Gasteiger partial charge in [-0.15, -0.1) is 0 Å². The minimum Gasteiger partial charge on any atom is -0.365 e. The first-order valence-corrected chi connectivity index (χ1v) is 6.59. The zero-order chi connectivity index (χ0) is 14.1. The number of hydrogen-bond acceptors (Lipinski definition) is 2. The van der Waals surface area contributed by atoms with Crippen LogP contribution in [0.5, 0.6) is 0 Å². The number of likely N-dealkylation sites (tertiary alicyclic amines) is 1. The molecule has 1 aliphatic carbocycles. The molecule has 0 aromatic heterocycles. The Labute approximate surface area is 109 Å². The molecule has 2 nitrogen and oxygen atoms in total. The smallest absolute Gasteiger partial charge is 0.255 e. The zero-order valence-corrected chi connectivity index (χ0v) is 12.5. The van der Waals surface area contributed by atoms with E-state index in [1.54, 1.807) is 7.11 Å². The third-order valence-corrected chi connectivity index (χ3v) is 5.27. The summed E-state index contributed by atoms with van der Waals surface area (Å²) in [4.78, 5) is 2.08. The number of ether oxygens (including phenoxy) is 1. The highest BCUT2D eigenvalue weighted by Gasteiger charge is 2.87. The normalized spacial score (nSPS) is 39.8. The van der Waals surface area contributed by atoms with Crippen molar-refractivity contribution in [2.24, 2.45) is 16.7 Å². The fraction of sp³-hybridized carbons (Fsp3) is 1.00. The highest BCUT2D eigenvalue weighted by Crippen LogP contribution is 2.80. The molecule has 0 spiro atoms. The van der Waals surface area contributed by atoms with Crippen molar-refractivity contribution in [3.63, 3.8) is 0 Å². The van der Waals surface area contributed by atoms with Crippen molar-refractivity contribution in [2.45, 2.75) is 59.2 Å². The van der Waals surface area contributed by atoms with Crippen LogP contribution in [0.3, 0.4) is 0 Å². The van der Waals surface area contributed by atoms with E-state index in [4.69, 9.17) is 4.74 Å². The van der Waals surface area contributed by atoms with Gasteiger partial charge in [-0.1, -0.05) is 13.8 Å². The Morgan fingerprint density at radius 2 is 1.67 bits per heavy atom. The second-order valence-corrected chi connectivity index (χ2v) is 7.44. The summed E-state index contributed by atoms with van der Waals surface area (Å²) in [6.07, 6.45) is -0.502. The molecular formula is C14H25F2NO. The number of piperidine rings is 1. The first-order valence-electron chi connectivity index (χ1n) is 6.59. The molecule has 1 heterocycles. The van der Waals surface area contributed by atoms with Crippen LogP contribution in [0, 0.1) is 16.7 Å². The number of alkyl halides is 2. The Bertz CT molecular complexity index is 344. The molecule has 106 valence electrons. The molecule has 2 aliphatic rings. The molecular weight excluding hydrogens is 236 g/mol. The second kappa shape index (κ2) is 3.45. The van der Waals surface area contributed by atoms with Crippen molar-refractivity contribution in [3.05, 3.63) is 0 Å². The van der Waals surface area contributed by atoms with E-state index < -0.39 is 17.6 Å². The van der Waals surface area contributed by atoms with Gasteiger partial charge in [0.1, 0.15) is 6.23 Å². The molecule has 18 heavy (non-hydrogen) atoms. The third-order valence-electron chi connectivity index (χ3n) is 5.27. The standard InChI is InChI=1S/C14H25F2NO/c1-11(2,3)17-8-9-12(4,5)14(9,10(17)18-7)13(6,15)16/h9-10H,8H2,1-7H3. The highest BCUT2D eigenvalue weighted by atomic mass is 19.3. The lowest BCUT2D eigenvalue weighted by atomic mass is 9.86. The van der Waals surface area contributed by atoms with Crippen molar-refractivity contribution < 1.29 is 13.5 Å². The first-order chi connectivity index (χ1) is 7.92. The van der Waals surface area contributed by atoms with Gasteiger partial charge in [0.15, 0.2) is 0 Å². The zero-order valence-electron chi connectivity index (χ0n) is 12.5. The number of nitrogens with zero attached hydrogens (tertiary/aromatic N) is 1. The summed E-state index contributed by atoms with van der Waals surface area (Å²) in [5.74, 6) is -2.71. The van der Waals surface area contributed by atoms with Crippen LogP contribution in [-0.2, 0) is 4.74 Å². The van der Waals surface area contributed by atoms with E-state index in [1.165, 1.54) is 0 Å². The van der Waals surface area contributed by atoms with Crippen LogP contribution < -0.4 is 0 Å². The molecule has 2 fully saturated rings. The van der Waals surface area contributed by atoms with Crippen LogP contribution in [0.2, 0.25) is 0 Å². The van der Waals surface area contributed by atoms with Crippen LogP contribution in [0.25, 0.3) is 0 Å². The van der Waals surface area contributed by atoms with Gasteiger partial charge >= 0.3 is 0 Å². The largest absolute Gasteiger partial charge is 0.365 e. The molecule has 2 rings (SSSR count). The van der Waals surface area contributed by atoms with Gasteiger partial charge in [0.05, 0.1) is 5.41 Å². The van der Waals surface area contributed by atoms with Crippen molar-refractivity contribution in [1.29, 1.82) is 0 Å². The van der Waals surface area contributed by atoms with E-state index in [9.17, 15) is 8.78 Å². The number of methoxy groups -OCH3 is 1. The van der Waals surface area contributed by atoms with Crippen LogP contribution in [0.4, 0.5) is 8.78 Å². The van der Waals surface area contributed by atoms with Gasteiger partial charge < -0.3 is 4.74 Å². The van der Waals surface area contributed by atoms with E-state index >= 15 is 0 Å². The summed E-state index contributed by atoms with van der Waals surface area (Å²) in [5.41, 5.74) is -1.54. The minimum atomic E-state index is -2.72. The van der Waals surface area contributed by atoms with Crippen LogP contribution >= 0.6 is 0 Å². The van der Waals surface area contributed by atoms with Crippen LogP contribution in [0.15, 0.2) is 0 Å². The summed E-state index contributed by atoms with van der Waals surface area (Å²) >= 11 is 0. The molecule has 0 amide bonds. The van der Waals surface area contributed by atoms with E-state index in [2.05, 4.69) is 25.7 Å². The Morgan fingerprint density at radius 3 is 2.00 bits per heavy atom. The lowest BCUT2D eigenvalue weighted by Gasteiger charge is -2.44. The van der Waals surface area contributed by atoms with Crippen molar-refractivity contribution in [2.75, 3.05) is 13.7 Å². The van der Waals surface area contributed by atoms with E-state index in [0.717, 1.165) is 6.92 Å². The molecule has 1 saturated heterocycles. The van der Waals surface area contributed by atoms with Gasteiger partial charge in [-0.25, -0.2) is 8.78 Å². The Balaban J connectivity index is 2.44. The average molecular weight is 261 g/mol. The molecule has 0 radical (unpaired) electrons.